The van der Waals surface area contributed by atoms with E-state index in [1.54, 1.807) is 19.2 Å². The minimum atomic E-state index is 0.123. The van der Waals surface area contributed by atoms with E-state index >= 15 is 0 Å². The Labute approximate surface area is 93.5 Å². The zero-order valence-corrected chi connectivity index (χ0v) is 9.30. The average Bonchev–Trinajstić information content (AvgIpc) is 2.20. The number of pyridine rings is 1. The smallest absolute Gasteiger partial charge is 0.185 e. The molecule has 78 valence electrons. The molecule has 0 amide bonds. The lowest BCUT2D eigenvalue weighted by atomic mass is 10.2. The van der Waals surface area contributed by atoms with Gasteiger partial charge in [0.25, 0.3) is 0 Å². The van der Waals surface area contributed by atoms with Gasteiger partial charge in [-0.1, -0.05) is 23.6 Å². The number of nitrogen functional groups attached to an aromatic ring is 1. The van der Waals surface area contributed by atoms with Gasteiger partial charge in [-0.3, -0.25) is 4.79 Å². The summed E-state index contributed by atoms with van der Waals surface area (Å²) in [6.45, 7) is 1.55. The Hall–Kier alpha value is -1.47. The standard InChI is InChI=1S/C11H12N2OS/c1-9(14)15-8-3-2-5-10-6-4-7-13-11(10)12/h4,6-7H,3,8H2,1H3,(H2,12,13). The van der Waals surface area contributed by atoms with Gasteiger partial charge in [-0.05, 0) is 12.1 Å². The van der Waals surface area contributed by atoms with Crippen LogP contribution in [0.4, 0.5) is 5.82 Å². The van der Waals surface area contributed by atoms with Crippen molar-refractivity contribution < 1.29 is 4.79 Å². The van der Waals surface area contributed by atoms with Crippen LogP contribution in [0.1, 0.15) is 18.9 Å². The van der Waals surface area contributed by atoms with Gasteiger partial charge in [0.05, 0.1) is 5.56 Å². The van der Waals surface area contributed by atoms with Crippen molar-refractivity contribution in [2.45, 2.75) is 13.3 Å². The van der Waals surface area contributed by atoms with E-state index in [4.69, 9.17) is 5.73 Å². The molecule has 0 aliphatic carbocycles. The molecule has 4 heteroatoms. The maximum Gasteiger partial charge on any atom is 0.185 e. The van der Waals surface area contributed by atoms with Crippen LogP contribution in [0.5, 0.6) is 0 Å². The largest absolute Gasteiger partial charge is 0.383 e. The summed E-state index contributed by atoms with van der Waals surface area (Å²) in [5.74, 6) is 7.05. The monoisotopic (exact) mass is 220 g/mol. The average molecular weight is 220 g/mol. The lowest BCUT2D eigenvalue weighted by Gasteiger charge is -1.94. The van der Waals surface area contributed by atoms with Gasteiger partial charge in [0.2, 0.25) is 0 Å². The Kier molecular flexibility index (Phi) is 4.72. The number of carbonyl (C=O) groups excluding carboxylic acids is 1. The number of thioether (sulfide) groups is 1. The van der Waals surface area contributed by atoms with E-state index in [1.165, 1.54) is 11.8 Å². The molecule has 0 aromatic carbocycles. The van der Waals surface area contributed by atoms with Gasteiger partial charge >= 0.3 is 0 Å². The van der Waals surface area contributed by atoms with Gasteiger partial charge in [-0.25, -0.2) is 4.98 Å². The van der Waals surface area contributed by atoms with E-state index in [2.05, 4.69) is 16.8 Å². The third-order valence-electron chi connectivity index (χ3n) is 1.59. The van der Waals surface area contributed by atoms with E-state index in [9.17, 15) is 4.79 Å². The van der Waals surface area contributed by atoms with Crippen LogP contribution in [0.15, 0.2) is 18.3 Å². The molecule has 2 N–H and O–H groups in total. The first kappa shape index (κ1) is 11.6. The number of hydrogen-bond acceptors (Lipinski definition) is 4. The molecular weight excluding hydrogens is 208 g/mol. The van der Waals surface area contributed by atoms with E-state index in [1.807, 2.05) is 6.07 Å². The summed E-state index contributed by atoms with van der Waals surface area (Å²) in [6, 6.07) is 3.62. The first-order valence-electron chi connectivity index (χ1n) is 4.53. The first-order valence-corrected chi connectivity index (χ1v) is 5.51. The maximum absolute atomic E-state index is 10.6. The van der Waals surface area contributed by atoms with Crippen LogP contribution in [0.2, 0.25) is 0 Å². The fourth-order valence-electron chi connectivity index (χ4n) is 0.927. The van der Waals surface area contributed by atoms with Crippen LogP contribution < -0.4 is 5.73 Å². The number of hydrogen-bond donors (Lipinski definition) is 1. The molecule has 0 bridgehead atoms. The molecule has 1 heterocycles. The Morgan fingerprint density at radius 2 is 2.47 bits per heavy atom. The SMILES string of the molecule is CC(=O)SCCC#Cc1cccnc1N. The Morgan fingerprint density at radius 1 is 1.67 bits per heavy atom. The summed E-state index contributed by atoms with van der Waals surface area (Å²) in [5, 5.41) is 0.123. The van der Waals surface area contributed by atoms with E-state index < -0.39 is 0 Å². The molecule has 0 radical (unpaired) electrons. The zero-order chi connectivity index (χ0) is 11.1. The molecule has 1 aromatic rings. The summed E-state index contributed by atoms with van der Waals surface area (Å²) in [5.41, 5.74) is 6.35. The Balaban J connectivity index is 2.45. The predicted octanol–water partition coefficient (Wildman–Crippen LogP) is 1.69. The second-order valence-electron chi connectivity index (χ2n) is 2.83. The predicted molar refractivity (Wildman–Crippen MR) is 63.3 cm³/mol. The number of carbonyl (C=O) groups is 1. The Morgan fingerprint density at radius 3 is 3.13 bits per heavy atom. The van der Waals surface area contributed by atoms with Gasteiger partial charge < -0.3 is 5.73 Å². The third-order valence-corrected chi connectivity index (χ3v) is 2.41. The lowest BCUT2D eigenvalue weighted by molar-refractivity contribution is -0.109. The molecule has 0 atom stereocenters. The van der Waals surface area contributed by atoms with Crippen LogP contribution in [0.25, 0.3) is 0 Å². The number of nitrogens with zero attached hydrogens (tertiary/aromatic N) is 1. The van der Waals surface area contributed by atoms with Crippen molar-refractivity contribution in [1.29, 1.82) is 0 Å². The molecule has 3 nitrogen and oxygen atoms in total. The molecule has 0 aliphatic heterocycles. The van der Waals surface area contributed by atoms with E-state index in [-0.39, 0.29) is 5.12 Å². The maximum atomic E-state index is 10.6. The van der Waals surface area contributed by atoms with Crippen molar-refractivity contribution >= 4 is 22.7 Å². The summed E-state index contributed by atoms with van der Waals surface area (Å²) in [4.78, 5) is 14.5. The molecule has 0 saturated carbocycles. The van der Waals surface area contributed by atoms with Crippen molar-refractivity contribution in [2.24, 2.45) is 0 Å². The van der Waals surface area contributed by atoms with Crippen LogP contribution in [0.3, 0.4) is 0 Å². The zero-order valence-electron chi connectivity index (χ0n) is 8.49. The molecule has 0 unspecified atom stereocenters. The fourth-order valence-corrected chi connectivity index (χ4v) is 1.42. The molecule has 0 fully saturated rings. The minimum absolute atomic E-state index is 0.123. The third kappa shape index (κ3) is 4.52. The molecule has 15 heavy (non-hydrogen) atoms. The van der Waals surface area contributed by atoms with Crippen molar-refractivity contribution in [1.82, 2.24) is 4.98 Å². The van der Waals surface area contributed by atoms with Crippen LogP contribution in [0, 0.1) is 11.8 Å². The number of aromatic nitrogens is 1. The fraction of sp³-hybridized carbons (Fsp3) is 0.273. The molecule has 0 spiro atoms. The molecule has 1 aromatic heterocycles. The Bertz CT molecular complexity index is 407. The molecular formula is C11H12N2OS. The van der Waals surface area contributed by atoms with Crippen molar-refractivity contribution in [3.8, 4) is 11.8 Å². The number of rotatable bonds is 2. The summed E-state index contributed by atoms with van der Waals surface area (Å²) >= 11 is 1.28. The molecule has 0 aliphatic rings. The topological polar surface area (TPSA) is 56.0 Å². The van der Waals surface area contributed by atoms with Gasteiger partial charge in [0.1, 0.15) is 5.82 Å². The van der Waals surface area contributed by atoms with Crippen molar-refractivity contribution in [3.63, 3.8) is 0 Å². The summed E-state index contributed by atoms with van der Waals surface area (Å²) in [6.07, 6.45) is 2.31. The van der Waals surface area contributed by atoms with Crippen molar-refractivity contribution in [3.05, 3.63) is 23.9 Å². The first-order chi connectivity index (χ1) is 7.20. The second kappa shape index (κ2) is 6.10. The van der Waals surface area contributed by atoms with Gasteiger partial charge in [-0.15, -0.1) is 0 Å². The van der Waals surface area contributed by atoms with Crippen LogP contribution in [-0.2, 0) is 4.79 Å². The van der Waals surface area contributed by atoms with Crippen LogP contribution in [-0.4, -0.2) is 15.9 Å². The molecule has 1 rings (SSSR count). The lowest BCUT2D eigenvalue weighted by Crippen LogP contribution is -1.92. The minimum Gasteiger partial charge on any atom is -0.383 e. The van der Waals surface area contributed by atoms with Crippen molar-refractivity contribution in [2.75, 3.05) is 11.5 Å². The summed E-state index contributed by atoms with van der Waals surface area (Å²) in [7, 11) is 0. The highest BCUT2D eigenvalue weighted by atomic mass is 32.2. The normalized spacial score (nSPS) is 9.13. The van der Waals surface area contributed by atoms with Gasteiger partial charge in [0.15, 0.2) is 5.12 Å². The van der Waals surface area contributed by atoms with E-state index in [0.717, 1.165) is 11.3 Å². The molecule has 0 saturated heterocycles. The highest BCUT2D eigenvalue weighted by Crippen LogP contribution is 2.05. The highest BCUT2D eigenvalue weighted by molar-refractivity contribution is 8.13. The second-order valence-corrected chi connectivity index (χ2v) is 4.10. The quantitative estimate of drug-likeness (QED) is 0.608. The van der Waals surface area contributed by atoms with Gasteiger partial charge in [-0.2, -0.15) is 0 Å². The number of nitrogens with two attached hydrogens (primary N) is 1. The summed E-state index contributed by atoms with van der Waals surface area (Å²) < 4.78 is 0. The van der Waals surface area contributed by atoms with Crippen LogP contribution >= 0.6 is 11.8 Å². The van der Waals surface area contributed by atoms with Gasteiger partial charge in [0, 0.05) is 25.3 Å². The highest BCUT2D eigenvalue weighted by Gasteiger charge is 1.93. The van der Waals surface area contributed by atoms with E-state index in [0.29, 0.717) is 12.2 Å². The number of anilines is 1.